The van der Waals surface area contributed by atoms with Crippen molar-refractivity contribution in [3.8, 4) is 0 Å². The van der Waals surface area contributed by atoms with Gasteiger partial charge in [0.1, 0.15) is 11.6 Å². The first kappa shape index (κ1) is 21.3. The van der Waals surface area contributed by atoms with Crippen molar-refractivity contribution >= 4 is 12.3 Å². The number of nitrogens with zero attached hydrogens (tertiary/aromatic N) is 4. The van der Waals surface area contributed by atoms with Crippen LogP contribution in [0.1, 0.15) is 36.3 Å². The number of aromatic nitrogens is 2. The van der Waals surface area contributed by atoms with Gasteiger partial charge in [-0.1, -0.05) is 17.6 Å². The van der Waals surface area contributed by atoms with E-state index in [1.165, 1.54) is 37.9 Å². The average molecular weight is 402 g/mol. The van der Waals surface area contributed by atoms with Gasteiger partial charge in [-0.05, 0) is 44.5 Å². The molecule has 8 heteroatoms. The molecular weight excluding hydrogens is 372 g/mol. The van der Waals surface area contributed by atoms with Crippen LogP contribution in [0.25, 0.3) is 0 Å². The monoisotopic (exact) mass is 402 g/mol. The fourth-order valence-electron chi connectivity index (χ4n) is 4.09. The van der Waals surface area contributed by atoms with E-state index in [2.05, 4.69) is 32.1 Å². The summed E-state index contributed by atoms with van der Waals surface area (Å²) in [4.78, 5) is 17.7. The van der Waals surface area contributed by atoms with E-state index in [0.29, 0.717) is 13.0 Å². The highest BCUT2D eigenvalue weighted by Gasteiger charge is 2.33. The Morgan fingerprint density at radius 2 is 2.00 bits per heavy atom. The van der Waals surface area contributed by atoms with Crippen molar-refractivity contribution in [1.82, 2.24) is 15.0 Å². The zero-order valence-corrected chi connectivity index (χ0v) is 16.9. The minimum absolute atomic E-state index is 0.150. The lowest BCUT2D eigenvalue weighted by Crippen LogP contribution is -2.29. The molecule has 0 saturated carbocycles. The van der Waals surface area contributed by atoms with Crippen LogP contribution in [0.5, 0.6) is 0 Å². The molecule has 2 N–H and O–H groups in total. The standard InChI is InChI=1S/C20H28N4O2.CH2O2/c1-15-9-18(26-22-15)10-17-13-24(14-19(17)25)20-6-5-16(11-21-20)12-23-7-3-2-4-8-23;2-1-3/h5-6,9,11,17,19,25H,2-4,7-8,10,12-14H2,1H3;1H,(H,2,3)/t17-,19+;/m1./s1. The Balaban J connectivity index is 0.000000755. The molecule has 2 aliphatic rings. The van der Waals surface area contributed by atoms with Gasteiger partial charge in [-0.25, -0.2) is 4.98 Å². The number of aliphatic hydroxyl groups excluding tert-OH is 1. The SMILES string of the molecule is Cc1cc(C[C@@H]2CN(c3ccc(CN4CCCCC4)cn3)C[C@@H]2O)on1.O=CO. The molecule has 0 bridgehead atoms. The second kappa shape index (κ2) is 10.4. The number of anilines is 1. The molecule has 2 fully saturated rings. The quantitative estimate of drug-likeness (QED) is 0.733. The number of aryl methyl sites for hydroxylation is 1. The minimum atomic E-state index is -0.366. The lowest BCUT2D eigenvalue weighted by Gasteiger charge is -2.26. The summed E-state index contributed by atoms with van der Waals surface area (Å²) in [7, 11) is 0. The van der Waals surface area contributed by atoms with Crippen LogP contribution in [0.3, 0.4) is 0 Å². The molecule has 0 aromatic carbocycles. The Morgan fingerprint density at radius 1 is 1.24 bits per heavy atom. The van der Waals surface area contributed by atoms with Crippen LogP contribution >= 0.6 is 0 Å². The van der Waals surface area contributed by atoms with Crippen molar-refractivity contribution in [2.45, 2.75) is 45.3 Å². The first-order valence-electron chi connectivity index (χ1n) is 10.2. The predicted molar refractivity (Wildman–Crippen MR) is 109 cm³/mol. The maximum absolute atomic E-state index is 10.4. The molecule has 4 rings (SSSR count). The van der Waals surface area contributed by atoms with Gasteiger partial charge in [0.2, 0.25) is 0 Å². The highest BCUT2D eigenvalue weighted by atomic mass is 16.5. The van der Waals surface area contributed by atoms with Crippen LogP contribution < -0.4 is 4.90 Å². The molecule has 2 atom stereocenters. The molecule has 0 unspecified atom stereocenters. The van der Waals surface area contributed by atoms with Crippen molar-refractivity contribution in [2.24, 2.45) is 5.92 Å². The third kappa shape index (κ3) is 6.01. The normalized spacial score (nSPS) is 22.2. The summed E-state index contributed by atoms with van der Waals surface area (Å²) in [6.45, 7) is 6.46. The summed E-state index contributed by atoms with van der Waals surface area (Å²) in [6.07, 6.45) is 6.32. The molecule has 0 amide bonds. The number of carboxylic acid groups (broad SMARTS) is 1. The first-order valence-corrected chi connectivity index (χ1v) is 10.2. The van der Waals surface area contributed by atoms with Crippen molar-refractivity contribution < 1.29 is 19.5 Å². The molecule has 2 aromatic rings. The number of β-amino-alcohol motifs (C(OH)–C–C–N with tert-alkyl or cyclic N) is 1. The van der Waals surface area contributed by atoms with Gasteiger partial charge >= 0.3 is 0 Å². The molecule has 29 heavy (non-hydrogen) atoms. The van der Waals surface area contributed by atoms with Gasteiger partial charge < -0.3 is 19.6 Å². The third-order valence-electron chi connectivity index (χ3n) is 5.53. The number of hydrogen-bond acceptors (Lipinski definition) is 7. The average Bonchev–Trinajstić information content (AvgIpc) is 3.29. The van der Waals surface area contributed by atoms with Crippen LogP contribution in [-0.4, -0.2) is 64.0 Å². The number of piperidine rings is 1. The van der Waals surface area contributed by atoms with Crippen LogP contribution in [0, 0.1) is 12.8 Å². The lowest BCUT2D eigenvalue weighted by molar-refractivity contribution is -0.122. The molecular formula is C21H30N4O4. The zero-order valence-electron chi connectivity index (χ0n) is 16.9. The van der Waals surface area contributed by atoms with Gasteiger partial charge in [0.15, 0.2) is 0 Å². The van der Waals surface area contributed by atoms with Crippen LogP contribution in [-0.2, 0) is 17.8 Å². The maximum atomic E-state index is 10.4. The van der Waals surface area contributed by atoms with E-state index in [-0.39, 0.29) is 18.5 Å². The molecule has 8 nitrogen and oxygen atoms in total. The largest absolute Gasteiger partial charge is 0.483 e. The molecule has 2 aliphatic heterocycles. The van der Waals surface area contributed by atoms with Crippen molar-refractivity contribution in [3.05, 3.63) is 41.4 Å². The Kier molecular flexibility index (Phi) is 7.60. The topological polar surface area (TPSA) is 103 Å². The molecule has 0 aliphatic carbocycles. The summed E-state index contributed by atoms with van der Waals surface area (Å²) >= 11 is 0. The number of likely N-dealkylation sites (tertiary alicyclic amines) is 1. The minimum Gasteiger partial charge on any atom is -0.483 e. The summed E-state index contributed by atoms with van der Waals surface area (Å²) in [5.41, 5.74) is 2.15. The first-order chi connectivity index (χ1) is 14.1. The van der Waals surface area contributed by atoms with Gasteiger partial charge in [-0.3, -0.25) is 9.69 Å². The molecule has 2 aromatic heterocycles. The number of pyridine rings is 1. The van der Waals surface area contributed by atoms with E-state index in [9.17, 15) is 5.11 Å². The maximum Gasteiger partial charge on any atom is 0.290 e. The van der Waals surface area contributed by atoms with Gasteiger partial charge in [-0.15, -0.1) is 0 Å². The van der Waals surface area contributed by atoms with Crippen LogP contribution in [0.2, 0.25) is 0 Å². The summed E-state index contributed by atoms with van der Waals surface area (Å²) in [5.74, 6) is 1.94. The molecule has 0 spiro atoms. The molecule has 0 radical (unpaired) electrons. The smallest absolute Gasteiger partial charge is 0.290 e. The van der Waals surface area contributed by atoms with E-state index in [0.717, 1.165) is 30.4 Å². The van der Waals surface area contributed by atoms with E-state index >= 15 is 0 Å². The van der Waals surface area contributed by atoms with Gasteiger partial charge in [0.25, 0.3) is 6.47 Å². The Hall–Kier alpha value is -2.45. The van der Waals surface area contributed by atoms with E-state index < -0.39 is 0 Å². The summed E-state index contributed by atoms with van der Waals surface area (Å²) in [6, 6.07) is 6.21. The fourth-order valence-corrected chi connectivity index (χ4v) is 4.09. The fraction of sp³-hybridized carbons (Fsp3) is 0.571. The van der Waals surface area contributed by atoms with Crippen molar-refractivity contribution in [1.29, 1.82) is 0 Å². The van der Waals surface area contributed by atoms with E-state index in [4.69, 9.17) is 14.4 Å². The van der Waals surface area contributed by atoms with Crippen molar-refractivity contribution in [3.63, 3.8) is 0 Å². The number of aliphatic hydroxyl groups is 1. The molecule has 2 saturated heterocycles. The van der Waals surface area contributed by atoms with E-state index in [1.807, 2.05) is 19.2 Å². The molecule has 4 heterocycles. The number of rotatable bonds is 5. The van der Waals surface area contributed by atoms with Gasteiger partial charge in [-0.2, -0.15) is 0 Å². The second-order valence-electron chi connectivity index (χ2n) is 7.84. The highest BCUT2D eigenvalue weighted by molar-refractivity contribution is 5.41. The Morgan fingerprint density at radius 3 is 2.62 bits per heavy atom. The van der Waals surface area contributed by atoms with E-state index in [1.54, 1.807) is 0 Å². The van der Waals surface area contributed by atoms with Crippen LogP contribution in [0.15, 0.2) is 28.9 Å². The van der Waals surface area contributed by atoms with Crippen molar-refractivity contribution in [2.75, 3.05) is 31.1 Å². The van der Waals surface area contributed by atoms with Gasteiger partial charge in [0, 0.05) is 44.2 Å². The number of hydrogen-bond donors (Lipinski definition) is 2. The number of carbonyl (C=O) groups is 1. The highest BCUT2D eigenvalue weighted by Crippen LogP contribution is 2.26. The summed E-state index contributed by atoms with van der Waals surface area (Å²) < 4.78 is 5.30. The second-order valence-corrected chi connectivity index (χ2v) is 7.84. The lowest BCUT2D eigenvalue weighted by atomic mass is 10.0. The van der Waals surface area contributed by atoms with Gasteiger partial charge in [0.05, 0.1) is 11.8 Å². The summed E-state index contributed by atoms with van der Waals surface area (Å²) in [5, 5.41) is 21.2. The third-order valence-corrected chi connectivity index (χ3v) is 5.53. The molecule has 158 valence electrons. The van der Waals surface area contributed by atoms with Crippen LogP contribution in [0.4, 0.5) is 5.82 Å². The zero-order chi connectivity index (χ0) is 20.6. The Bertz CT molecular complexity index is 758. The predicted octanol–water partition coefficient (Wildman–Crippen LogP) is 2.10. The Labute approximate surface area is 171 Å².